The summed E-state index contributed by atoms with van der Waals surface area (Å²) in [5.74, 6) is -3.07. The fraction of sp³-hybridized carbons (Fsp3) is 0.133. The Morgan fingerprint density at radius 1 is 1.23 bits per heavy atom. The summed E-state index contributed by atoms with van der Waals surface area (Å²) in [6.07, 6.45) is 1.31. The normalized spacial score (nSPS) is 10.1. The third kappa shape index (κ3) is 3.63. The van der Waals surface area contributed by atoms with Gasteiger partial charge >= 0.3 is 5.97 Å². The van der Waals surface area contributed by atoms with Crippen molar-refractivity contribution in [3.8, 4) is 0 Å². The van der Waals surface area contributed by atoms with Crippen molar-refractivity contribution >= 4 is 17.7 Å². The lowest BCUT2D eigenvalue weighted by atomic mass is 10.2. The lowest BCUT2D eigenvalue weighted by Gasteiger charge is -2.07. The standard InChI is InChI=1S/C15H12F2N2O3/c1-2-22-15(21)9-5-6-18-13(7-9)19-14(20)11-4-3-10(16)8-12(11)17/h3-8H,2H2,1H3,(H,18,19,20). The SMILES string of the molecule is CCOC(=O)c1ccnc(NC(=O)c2ccc(F)cc2F)c1. The summed E-state index contributed by atoms with van der Waals surface area (Å²) < 4.78 is 31.2. The molecule has 1 aromatic carbocycles. The highest BCUT2D eigenvalue weighted by Gasteiger charge is 2.14. The fourth-order valence-electron chi connectivity index (χ4n) is 1.70. The van der Waals surface area contributed by atoms with Crippen LogP contribution in [0.25, 0.3) is 0 Å². The second-order valence-electron chi connectivity index (χ2n) is 4.23. The molecule has 7 heteroatoms. The Balaban J connectivity index is 2.18. The largest absolute Gasteiger partial charge is 0.462 e. The van der Waals surface area contributed by atoms with Crippen molar-refractivity contribution in [3.05, 3.63) is 59.3 Å². The zero-order chi connectivity index (χ0) is 16.1. The van der Waals surface area contributed by atoms with E-state index in [4.69, 9.17) is 4.74 Å². The topological polar surface area (TPSA) is 68.3 Å². The van der Waals surface area contributed by atoms with Gasteiger partial charge in [-0.05, 0) is 31.2 Å². The molecule has 114 valence electrons. The highest BCUT2D eigenvalue weighted by atomic mass is 19.1. The predicted octanol–water partition coefficient (Wildman–Crippen LogP) is 2.79. The van der Waals surface area contributed by atoms with E-state index in [2.05, 4.69) is 10.3 Å². The molecule has 22 heavy (non-hydrogen) atoms. The number of esters is 1. The number of halogens is 2. The molecule has 0 spiro atoms. The van der Waals surface area contributed by atoms with Crippen molar-refractivity contribution in [1.82, 2.24) is 4.98 Å². The maximum Gasteiger partial charge on any atom is 0.338 e. The minimum Gasteiger partial charge on any atom is -0.462 e. The Labute approximate surface area is 124 Å². The van der Waals surface area contributed by atoms with Gasteiger partial charge in [-0.2, -0.15) is 0 Å². The van der Waals surface area contributed by atoms with Gasteiger partial charge < -0.3 is 10.1 Å². The molecule has 0 bridgehead atoms. The molecule has 2 aromatic rings. The monoisotopic (exact) mass is 306 g/mol. The second kappa shape index (κ2) is 6.75. The minimum absolute atomic E-state index is 0.0549. The van der Waals surface area contributed by atoms with E-state index >= 15 is 0 Å². The number of amides is 1. The number of pyridine rings is 1. The first-order chi connectivity index (χ1) is 10.5. The van der Waals surface area contributed by atoms with E-state index in [1.165, 1.54) is 18.3 Å². The van der Waals surface area contributed by atoms with E-state index in [1.807, 2.05) is 0 Å². The summed E-state index contributed by atoms with van der Waals surface area (Å²) in [5, 5.41) is 2.34. The van der Waals surface area contributed by atoms with Crippen LogP contribution in [0.1, 0.15) is 27.6 Å². The molecular formula is C15H12F2N2O3. The molecule has 0 fully saturated rings. The van der Waals surface area contributed by atoms with E-state index < -0.39 is 23.5 Å². The van der Waals surface area contributed by atoms with E-state index in [9.17, 15) is 18.4 Å². The summed E-state index contributed by atoms with van der Waals surface area (Å²) in [5.41, 5.74) is -0.128. The molecule has 1 N–H and O–H groups in total. The zero-order valence-corrected chi connectivity index (χ0v) is 11.6. The fourth-order valence-corrected chi connectivity index (χ4v) is 1.70. The Hall–Kier alpha value is -2.83. The Morgan fingerprint density at radius 3 is 2.68 bits per heavy atom. The number of anilines is 1. The molecule has 0 radical (unpaired) electrons. The van der Waals surface area contributed by atoms with Crippen LogP contribution in [0.2, 0.25) is 0 Å². The predicted molar refractivity (Wildman–Crippen MR) is 74.5 cm³/mol. The maximum atomic E-state index is 13.5. The zero-order valence-electron chi connectivity index (χ0n) is 11.6. The quantitative estimate of drug-likeness (QED) is 0.882. The summed E-state index contributed by atoms with van der Waals surface area (Å²) in [6.45, 7) is 1.88. The average molecular weight is 306 g/mol. The number of aromatic nitrogens is 1. The van der Waals surface area contributed by atoms with Crippen LogP contribution >= 0.6 is 0 Å². The van der Waals surface area contributed by atoms with E-state index in [0.717, 1.165) is 12.1 Å². The van der Waals surface area contributed by atoms with Crippen molar-refractivity contribution in [1.29, 1.82) is 0 Å². The molecule has 0 aliphatic heterocycles. The van der Waals surface area contributed by atoms with Crippen molar-refractivity contribution in [2.45, 2.75) is 6.92 Å². The number of hydrogen-bond donors (Lipinski definition) is 1. The number of nitrogens with one attached hydrogen (secondary N) is 1. The summed E-state index contributed by atoms with van der Waals surface area (Å²) in [7, 11) is 0. The Bertz CT molecular complexity index is 720. The van der Waals surface area contributed by atoms with E-state index in [-0.39, 0.29) is 23.6 Å². The van der Waals surface area contributed by atoms with E-state index in [1.54, 1.807) is 6.92 Å². The lowest BCUT2D eigenvalue weighted by Crippen LogP contribution is -2.15. The van der Waals surface area contributed by atoms with E-state index in [0.29, 0.717) is 6.07 Å². The Kier molecular flexibility index (Phi) is 4.77. The third-order valence-electron chi connectivity index (χ3n) is 2.69. The van der Waals surface area contributed by atoms with Crippen LogP contribution in [-0.4, -0.2) is 23.5 Å². The summed E-state index contributed by atoms with van der Waals surface area (Å²) in [4.78, 5) is 27.4. The van der Waals surface area contributed by atoms with Gasteiger partial charge in [0.15, 0.2) is 0 Å². The number of carbonyl (C=O) groups is 2. The molecule has 1 heterocycles. The second-order valence-corrected chi connectivity index (χ2v) is 4.23. The molecule has 0 aliphatic carbocycles. The molecule has 1 amide bonds. The lowest BCUT2D eigenvalue weighted by molar-refractivity contribution is 0.0526. The molecule has 0 atom stereocenters. The minimum atomic E-state index is -0.987. The van der Waals surface area contributed by atoms with Crippen LogP contribution in [0.3, 0.4) is 0 Å². The van der Waals surface area contributed by atoms with Gasteiger partial charge in [0.1, 0.15) is 17.5 Å². The van der Waals surface area contributed by atoms with Crippen LogP contribution in [0.4, 0.5) is 14.6 Å². The van der Waals surface area contributed by atoms with Gasteiger partial charge in [-0.3, -0.25) is 4.79 Å². The van der Waals surface area contributed by atoms with Crippen molar-refractivity contribution in [3.63, 3.8) is 0 Å². The van der Waals surface area contributed by atoms with Crippen LogP contribution in [0.15, 0.2) is 36.5 Å². The highest BCUT2D eigenvalue weighted by molar-refractivity contribution is 6.04. The number of rotatable bonds is 4. The summed E-state index contributed by atoms with van der Waals surface area (Å²) in [6, 6.07) is 5.33. The van der Waals surface area contributed by atoms with Crippen LogP contribution in [0, 0.1) is 11.6 Å². The first-order valence-electron chi connectivity index (χ1n) is 6.41. The first-order valence-corrected chi connectivity index (χ1v) is 6.41. The van der Waals surface area contributed by atoms with Gasteiger partial charge in [-0.25, -0.2) is 18.6 Å². The Morgan fingerprint density at radius 2 is 2.00 bits per heavy atom. The number of benzene rings is 1. The number of nitrogens with zero attached hydrogens (tertiary/aromatic N) is 1. The van der Waals surface area contributed by atoms with Crippen molar-refractivity contribution in [2.24, 2.45) is 0 Å². The molecule has 0 saturated heterocycles. The molecule has 2 rings (SSSR count). The molecule has 0 unspecified atom stereocenters. The summed E-state index contributed by atoms with van der Waals surface area (Å²) >= 11 is 0. The molecular weight excluding hydrogens is 294 g/mol. The van der Waals surface area contributed by atoms with Crippen LogP contribution in [-0.2, 0) is 4.74 Å². The van der Waals surface area contributed by atoms with Gasteiger partial charge in [-0.1, -0.05) is 0 Å². The number of ether oxygens (including phenoxy) is 1. The van der Waals surface area contributed by atoms with Crippen LogP contribution in [0.5, 0.6) is 0 Å². The van der Waals surface area contributed by atoms with Crippen molar-refractivity contribution in [2.75, 3.05) is 11.9 Å². The third-order valence-corrected chi connectivity index (χ3v) is 2.69. The highest BCUT2D eigenvalue weighted by Crippen LogP contribution is 2.13. The van der Waals surface area contributed by atoms with Gasteiger partial charge in [0.05, 0.1) is 17.7 Å². The van der Waals surface area contributed by atoms with Crippen LogP contribution < -0.4 is 5.32 Å². The number of hydrogen-bond acceptors (Lipinski definition) is 4. The van der Waals surface area contributed by atoms with Crippen molar-refractivity contribution < 1.29 is 23.1 Å². The first kappa shape index (κ1) is 15.6. The maximum absolute atomic E-state index is 13.5. The molecule has 1 aromatic heterocycles. The van der Waals surface area contributed by atoms with Gasteiger partial charge in [0, 0.05) is 12.3 Å². The number of carbonyl (C=O) groups excluding carboxylic acids is 2. The molecule has 5 nitrogen and oxygen atoms in total. The van der Waals surface area contributed by atoms with Gasteiger partial charge in [-0.15, -0.1) is 0 Å². The smallest absolute Gasteiger partial charge is 0.338 e. The molecule has 0 aliphatic rings. The van der Waals surface area contributed by atoms with Gasteiger partial charge in [0.2, 0.25) is 0 Å². The van der Waals surface area contributed by atoms with Gasteiger partial charge in [0.25, 0.3) is 5.91 Å². The molecule has 0 saturated carbocycles. The average Bonchev–Trinajstić information content (AvgIpc) is 2.47.